The van der Waals surface area contributed by atoms with Crippen LogP contribution in [0.5, 0.6) is 0 Å². The molecule has 0 radical (unpaired) electrons. The van der Waals surface area contributed by atoms with Gasteiger partial charge in [-0.25, -0.2) is 4.39 Å². The lowest BCUT2D eigenvalue weighted by atomic mass is 10.0. The van der Waals surface area contributed by atoms with Crippen LogP contribution in [0.2, 0.25) is 5.02 Å². The third kappa shape index (κ3) is 3.49. The van der Waals surface area contributed by atoms with Crippen molar-refractivity contribution in [2.24, 2.45) is 0 Å². The van der Waals surface area contributed by atoms with Crippen LogP contribution in [0.25, 0.3) is 0 Å². The van der Waals surface area contributed by atoms with Gasteiger partial charge in [-0.15, -0.1) is 0 Å². The monoisotopic (exact) mass is 317 g/mol. The van der Waals surface area contributed by atoms with Gasteiger partial charge in [0.15, 0.2) is 0 Å². The number of nitrogens with zero attached hydrogens (tertiary/aromatic N) is 1. The number of hydrogen-bond donors (Lipinski definition) is 2. The summed E-state index contributed by atoms with van der Waals surface area (Å²) in [5.74, 6) is -0.589. The van der Waals surface area contributed by atoms with Crippen molar-refractivity contribution in [1.82, 2.24) is 0 Å². The summed E-state index contributed by atoms with van der Waals surface area (Å²) in [7, 11) is 1.86. The molecule has 2 aromatic rings. The van der Waals surface area contributed by atoms with Crippen molar-refractivity contribution in [1.29, 1.82) is 5.26 Å². The summed E-state index contributed by atoms with van der Waals surface area (Å²) in [4.78, 5) is 0. The lowest BCUT2D eigenvalue weighted by Crippen LogP contribution is -2.11. The second kappa shape index (κ2) is 7.15. The zero-order valence-electron chi connectivity index (χ0n) is 12.5. The van der Waals surface area contributed by atoms with Gasteiger partial charge in [0.05, 0.1) is 22.3 Å². The molecule has 0 heterocycles. The Kier molecular flexibility index (Phi) is 5.24. The SMILES string of the molecule is CCC(Nc1cc(Cl)c(F)cc1C#N)c1cccc(NC)c1. The van der Waals surface area contributed by atoms with E-state index in [4.69, 9.17) is 16.9 Å². The number of nitrogens with one attached hydrogen (secondary N) is 2. The van der Waals surface area contributed by atoms with Crippen molar-refractivity contribution in [3.05, 3.63) is 58.4 Å². The van der Waals surface area contributed by atoms with Crippen molar-refractivity contribution in [3.8, 4) is 6.07 Å². The lowest BCUT2D eigenvalue weighted by molar-refractivity contribution is 0.627. The molecular formula is C17H17ClFN3. The molecule has 2 rings (SSSR count). The van der Waals surface area contributed by atoms with Gasteiger partial charge in [0, 0.05) is 12.7 Å². The minimum atomic E-state index is -0.589. The molecule has 0 aliphatic heterocycles. The van der Waals surface area contributed by atoms with Gasteiger partial charge in [0.2, 0.25) is 0 Å². The topological polar surface area (TPSA) is 47.9 Å². The molecule has 114 valence electrons. The maximum absolute atomic E-state index is 13.5. The second-order valence-electron chi connectivity index (χ2n) is 4.90. The van der Waals surface area contributed by atoms with Crippen molar-refractivity contribution < 1.29 is 4.39 Å². The minimum absolute atomic E-state index is 0.000304. The predicted octanol–water partition coefficient (Wildman–Crippen LogP) is 4.96. The maximum atomic E-state index is 13.5. The lowest BCUT2D eigenvalue weighted by Gasteiger charge is -2.20. The van der Waals surface area contributed by atoms with E-state index >= 15 is 0 Å². The molecule has 0 aliphatic carbocycles. The van der Waals surface area contributed by atoms with Crippen molar-refractivity contribution in [2.75, 3.05) is 17.7 Å². The predicted molar refractivity (Wildman–Crippen MR) is 88.8 cm³/mol. The first-order chi connectivity index (χ1) is 10.6. The van der Waals surface area contributed by atoms with Gasteiger partial charge in [-0.05, 0) is 36.2 Å². The molecule has 0 bridgehead atoms. The largest absolute Gasteiger partial charge is 0.388 e. The highest BCUT2D eigenvalue weighted by molar-refractivity contribution is 6.31. The summed E-state index contributed by atoms with van der Waals surface area (Å²) >= 11 is 5.83. The number of nitriles is 1. The molecular weight excluding hydrogens is 301 g/mol. The Morgan fingerprint density at radius 3 is 2.73 bits per heavy atom. The van der Waals surface area contributed by atoms with Crippen LogP contribution in [0, 0.1) is 17.1 Å². The average molecular weight is 318 g/mol. The van der Waals surface area contributed by atoms with Gasteiger partial charge in [-0.3, -0.25) is 0 Å². The van der Waals surface area contributed by atoms with E-state index in [0.717, 1.165) is 23.7 Å². The van der Waals surface area contributed by atoms with Gasteiger partial charge < -0.3 is 10.6 Å². The molecule has 0 aromatic heterocycles. The standard InChI is InChI=1S/C17H17ClFN3/c1-3-16(11-5-4-6-13(7-11)21-2)22-17-9-14(18)15(19)8-12(17)10-20/h4-9,16,21-22H,3H2,1-2H3. The smallest absolute Gasteiger partial charge is 0.143 e. The van der Waals surface area contributed by atoms with Gasteiger partial charge in [-0.2, -0.15) is 5.26 Å². The Morgan fingerprint density at radius 2 is 2.09 bits per heavy atom. The van der Waals surface area contributed by atoms with E-state index in [9.17, 15) is 4.39 Å². The number of benzene rings is 2. The highest BCUT2D eigenvalue weighted by Crippen LogP contribution is 2.29. The molecule has 0 saturated heterocycles. The van der Waals surface area contributed by atoms with Gasteiger partial charge >= 0.3 is 0 Å². The van der Waals surface area contributed by atoms with Gasteiger partial charge in [0.25, 0.3) is 0 Å². The quantitative estimate of drug-likeness (QED) is 0.819. The number of hydrogen-bond acceptors (Lipinski definition) is 3. The number of halogens is 2. The van der Waals surface area contributed by atoms with Crippen LogP contribution in [0.15, 0.2) is 36.4 Å². The first kappa shape index (κ1) is 16.1. The molecule has 1 unspecified atom stereocenters. The Labute approximate surface area is 134 Å². The molecule has 2 N–H and O–H groups in total. The fraction of sp³-hybridized carbons (Fsp3) is 0.235. The van der Waals surface area contributed by atoms with Crippen LogP contribution in [0.3, 0.4) is 0 Å². The molecule has 0 fully saturated rings. The highest BCUT2D eigenvalue weighted by Gasteiger charge is 2.14. The van der Waals surface area contributed by atoms with Crippen LogP contribution in [0.1, 0.15) is 30.5 Å². The summed E-state index contributed by atoms with van der Waals surface area (Å²) in [6.07, 6.45) is 0.813. The first-order valence-electron chi connectivity index (χ1n) is 7.02. The molecule has 5 heteroatoms. The minimum Gasteiger partial charge on any atom is -0.388 e. The summed E-state index contributed by atoms with van der Waals surface area (Å²) in [6, 6.07) is 12.6. The summed E-state index contributed by atoms with van der Waals surface area (Å²) in [6.45, 7) is 2.04. The highest BCUT2D eigenvalue weighted by atomic mass is 35.5. The molecule has 0 amide bonds. The van der Waals surface area contributed by atoms with Gasteiger partial charge in [0.1, 0.15) is 11.9 Å². The zero-order chi connectivity index (χ0) is 16.1. The third-order valence-electron chi connectivity index (χ3n) is 3.50. The summed E-state index contributed by atoms with van der Waals surface area (Å²) < 4.78 is 13.5. The van der Waals surface area contributed by atoms with E-state index < -0.39 is 5.82 Å². The van der Waals surface area contributed by atoms with E-state index in [1.165, 1.54) is 6.07 Å². The van der Waals surface area contributed by atoms with Crippen LogP contribution in [-0.2, 0) is 0 Å². The molecule has 0 saturated carbocycles. The van der Waals surface area contributed by atoms with E-state index in [-0.39, 0.29) is 16.6 Å². The van der Waals surface area contributed by atoms with Crippen molar-refractivity contribution in [3.63, 3.8) is 0 Å². The van der Waals surface area contributed by atoms with Crippen LogP contribution >= 0.6 is 11.6 Å². The Hall–Kier alpha value is -2.25. The summed E-state index contributed by atoms with van der Waals surface area (Å²) in [5, 5.41) is 15.5. The summed E-state index contributed by atoms with van der Waals surface area (Å²) in [5.41, 5.74) is 2.87. The molecule has 0 spiro atoms. The Bertz CT molecular complexity index is 710. The number of rotatable bonds is 5. The fourth-order valence-corrected chi connectivity index (χ4v) is 2.44. The first-order valence-corrected chi connectivity index (χ1v) is 7.40. The van der Waals surface area contributed by atoms with Crippen LogP contribution in [0.4, 0.5) is 15.8 Å². The Morgan fingerprint density at radius 1 is 1.32 bits per heavy atom. The zero-order valence-corrected chi connectivity index (χ0v) is 13.2. The molecule has 1 atom stereocenters. The average Bonchev–Trinajstić information content (AvgIpc) is 2.55. The Balaban J connectivity index is 2.34. The van der Waals surface area contributed by atoms with Gasteiger partial charge in [-0.1, -0.05) is 30.7 Å². The second-order valence-corrected chi connectivity index (χ2v) is 5.31. The normalized spacial score (nSPS) is 11.6. The van der Waals surface area contributed by atoms with Crippen molar-refractivity contribution >= 4 is 23.0 Å². The van der Waals surface area contributed by atoms with E-state index in [1.807, 2.05) is 44.3 Å². The van der Waals surface area contributed by atoms with E-state index in [0.29, 0.717) is 5.69 Å². The molecule has 22 heavy (non-hydrogen) atoms. The van der Waals surface area contributed by atoms with Crippen LogP contribution in [-0.4, -0.2) is 7.05 Å². The molecule has 0 aliphatic rings. The van der Waals surface area contributed by atoms with Crippen molar-refractivity contribution in [2.45, 2.75) is 19.4 Å². The number of anilines is 2. The van der Waals surface area contributed by atoms with E-state index in [2.05, 4.69) is 10.6 Å². The van der Waals surface area contributed by atoms with E-state index in [1.54, 1.807) is 0 Å². The third-order valence-corrected chi connectivity index (χ3v) is 3.79. The van der Waals surface area contributed by atoms with Crippen LogP contribution < -0.4 is 10.6 Å². The fourth-order valence-electron chi connectivity index (χ4n) is 2.28. The molecule has 2 aromatic carbocycles. The molecule has 3 nitrogen and oxygen atoms in total. The maximum Gasteiger partial charge on any atom is 0.143 e.